The van der Waals surface area contributed by atoms with Crippen molar-refractivity contribution in [3.63, 3.8) is 0 Å². The van der Waals surface area contributed by atoms with Crippen molar-refractivity contribution < 1.29 is 19.4 Å². The lowest BCUT2D eigenvalue weighted by Gasteiger charge is -2.59. The fraction of sp³-hybridized carbons (Fsp3) is 0.545. The Morgan fingerprint density at radius 2 is 2.04 bits per heavy atom. The van der Waals surface area contributed by atoms with E-state index < -0.39 is 0 Å². The number of piperazine rings is 1. The molecule has 0 spiro atoms. The zero-order valence-electron chi connectivity index (χ0n) is 16.1. The summed E-state index contributed by atoms with van der Waals surface area (Å²) in [7, 11) is 1.61. The first-order valence-corrected chi connectivity index (χ1v) is 9.92. The van der Waals surface area contributed by atoms with Crippen molar-refractivity contribution in [3.05, 3.63) is 35.4 Å². The minimum atomic E-state index is -0.219. The number of carbonyl (C=O) groups is 2. The summed E-state index contributed by atoms with van der Waals surface area (Å²) in [4.78, 5) is 28.8. The molecule has 0 radical (unpaired) electrons. The summed E-state index contributed by atoms with van der Waals surface area (Å²) in [5, 5.41) is 9.87. The maximum absolute atomic E-state index is 12.6. The van der Waals surface area contributed by atoms with Crippen LogP contribution >= 0.6 is 0 Å². The van der Waals surface area contributed by atoms with Crippen LogP contribution in [0.25, 0.3) is 0 Å². The Hall–Kier alpha value is -2.36. The number of hydrogen-bond acceptors (Lipinski definition) is 4. The molecule has 0 unspecified atom stereocenters. The molecule has 3 aliphatic rings. The van der Waals surface area contributed by atoms with Gasteiger partial charge in [-0.2, -0.15) is 0 Å². The predicted octanol–water partition coefficient (Wildman–Crippen LogP) is 0.982. The zero-order valence-corrected chi connectivity index (χ0v) is 16.1. The lowest BCUT2D eigenvalue weighted by Crippen LogP contribution is -2.73. The highest BCUT2D eigenvalue weighted by atomic mass is 16.5. The Morgan fingerprint density at radius 1 is 1.29 bits per heavy atom. The van der Waals surface area contributed by atoms with Crippen molar-refractivity contribution in [2.75, 3.05) is 33.4 Å². The average molecular weight is 382 g/mol. The van der Waals surface area contributed by atoms with E-state index in [1.807, 2.05) is 24.3 Å². The van der Waals surface area contributed by atoms with Crippen LogP contribution in [0.1, 0.15) is 36.3 Å². The van der Waals surface area contributed by atoms with E-state index in [2.05, 4.69) is 11.8 Å². The number of methoxy groups -OCH3 is 1. The van der Waals surface area contributed by atoms with Crippen molar-refractivity contribution in [1.29, 1.82) is 0 Å². The van der Waals surface area contributed by atoms with Gasteiger partial charge in [0.2, 0.25) is 11.8 Å². The van der Waals surface area contributed by atoms with Gasteiger partial charge in [0.05, 0.1) is 25.2 Å². The highest BCUT2D eigenvalue weighted by Gasteiger charge is 2.54. The number of benzene rings is 1. The third-order valence-electron chi connectivity index (χ3n) is 6.26. The standard InChI is InChI=1S/C22H26N2O4/c1-28-11-3-4-15-7-9-16(10-8-15)21-18-12-23(22(27)17-5-2-6-17)13-20(26)24(18)19(21)14-25/h7-10,17-19,21,25H,2,5-6,11-14H2,1H3/t18-,19-,21+/m1/s1. The molecule has 1 N–H and O–H groups in total. The van der Waals surface area contributed by atoms with Gasteiger partial charge in [0.25, 0.3) is 0 Å². The maximum atomic E-state index is 12.6. The fourth-order valence-electron chi connectivity index (χ4n) is 4.58. The number of nitrogens with zero attached hydrogens (tertiary/aromatic N) is 2. The van der Waals surface area contributed by atoms with Crippen molar-refractivity contribution in [2.45, 2.75) is 37.3 Å². The first-order chi connectivity index (χ1) is 13.6. The van der Waals surface area contributed by atoms with E-state index >= 15 is 0 Å². The Kier molecular flexibility index (Phi) is 5.38. The molecule has 0 aromatic heterocycles. The molecule has 2 amide bonds. The molecule has 2 aliphatic heterocycles. The Bertz CT molecular complexity index is 806. The summed E-state index contributed by atoms with van der Waals surface area (Å²) < 4.78 is 4.94. The monoisotopic (exact) mass is 382 g/mol. The summed E-state index contributed by atoms with van der Waals surface area (Å²) in [6, 6.07) is 7.66. The lowest BCUT2D eigenvalue weighted by atomic mass is 9.73. The minimum Gasteiger partial charge on any atom is -0.394 e. The summed E-state index contributed by atoms with van der Waals surface area (Å²) >= 11 is 0. The average Bonchev–Trinajstić information content (AvgIpc) is 2.63. The first kappa shape index (κ1) is 19.0. The summed E-state index contributed by atoms with van der Waals surface area (Å²) in [5.41, 5.74) is 1.97. The van der Waals surface area contributed by atoms with Crippen LogP contribution in [0.15, 0.2) is 24.3 Å². The van der Waals surface area contributed by atoms with E-state index in [1.165, 1.54) is 0 Å². The Balaban J connectivity index is 1.51. The second-order valence-electron chi connectivity index (χ2n) is 7.85. The van der Waals surface area contributed by atoms with E-state index in [-0.39, 0.29) is 48.9 Å². The van der Waals surface area contributed by atoms with Gasteiger partial charge in [-0.05, 0) is 30.5 Å². The molecule has 0 bridgehead atoms. The van der Waals surface area contributed by atoms with Crippen molar-refractivity contribution >= 4 is 11.8 Å². The maximum Gasteiger partial charge on any atom is 0.242 e. The zero-order chi connectivity index (χ0) is 19.7. The molecule has 28 heavy (non-hydrogen) atoms. The van der Waals surface area contributed by atoms with E-state index in [9.17, 15) is 14.7 Å². The van der Waals surface area contributed by atoms with Crippen LogP contribution in [-0.2, 0) is 14.3 Å². The molecule has 1 aliphatic carbocycles. The summed E-state index contributed by atoms with van der Waals surface area (Å²) in [5.74, 6) is 6.16. The van der Waals surface area contributed by atoms with E-state index in [0.29, 0.717) is 13.2 Å². The molecular formula is C22H26N2O4. The molecule has 148 valence electrons. The van der Waals surface area contributed by atoms with Crippen molar-refractivity contribution in [2.24, 2.45) is 5.92 Å². The molecular weight excluding hydrogens is 356 g/mol. The summed E-state index contributed by atoms with van der Waals surface area (Å²) in [6.07, 6.45) is 2.97. The van der Waals surface area contributed by atoms with Crippen LogP contribution in [0.4, 0.5) is 0 Å². The summed E-state index contributed by atoms with van der Waals surface area (Å²) in [6.45, 7) is 1.01. The minimum absolute atomic E-state index is 0.0342. The number of aliphatic hydroxyl groups excluding tert-OH is 1. The second kappa shape index (κ2) is 7.94. The molecule has 2 saturated heterocycles. The van der Waals surface area contributed by atoms with Crippen LogP contribution in [-0.4, -0.2) is 72.2 Å². The SMILES string of the molecule is COCC#Cc1ccc([C@@H]2[C@@H](CO)N3C(=O)CN(C(=O)C4CCC4)C[C@H]23)cc1. The highest BCUT2D eigenvalue weighted by Crippen LogP contribution is 2.43. The third kappa shape index (κ3) is 3.30. The number of aliphatic hydroxyl groups is 1. The van der Waals surface area contributed by atoms with Crippen LogP contribution in [0.3, 0.4) is 0 Å². The van der Waals surface area contributed by atoms with Gasteiger partial charge >= 0.3 is 0 Å². The molecule has 1 aromatic rings. The number of carbonyl (C=O) groups excluding carboxylic acids is 2. The van der Waals surface area contributed by atoms with E-state index in [1.54, 1.807) is 16.9 Å². The molecule has 1 aromatic carbocycles. The van der Waals surface area contributed by atoms with E-state index in [4.69, 9.17) is 4.74 Å². The van der Waals surface area contributed by atoms with Crippen molar-refractivity contribution in [3.8, 4) is 11.8 Å². The molecule has 4 rings (SSSR count). The number of hydrogen-bond donors (Lipinski definition) is 1. The second-order valence-corrected chi connectivity index (χ2v) is 7.85. The van der Waals surface area contributed by atoms with E-state index in [0.717, 1.165) is 30.4 Å². The topological polar surface area (TPSA) is 70.1 Å². The molecule has 1 saturated carbocycles. The number of amides is 2. The Labute approximate surface area is 165 Å². The van der Waals surface area contributed by atoms with Gasteiger partial charge in [-0.3, -0.25) is 9.59 Å². The van der Waals surface area contributed by atoms with Gasteiger partial charge in [-0.15, -0.1) is 0 Å². The van der Waals surface area contributed by atoms with Gasteiger partial charge in [0.1, 0.15) is 6.61 Å². The van der Waals surface area contributed by atoms with Crippen LogP contribution in [0.2, 0.25) is 0 Å². The van der Waals surface area contributed by atoms with Gasteiger partial charge in [-0.1, -0.05) is 30.4 Å². The highest BCUT2D eigenvalue weighted by molar-refractivity contribution is 5.89. The molecule has 6 heteroatoms. The molecule has 2 heterocycles. The van der Waals surface area contributed by atoms with Crippen molar-refractivity contribution in [1.82, 2.24) is 9.80 Å². The third-order valence-corrected chi connectivity index (χ3v) is 6.26. The lowest BCUT2D eigenvalue weighted by molar-refractivity contribution is -0.169. The number of rotatable bonds is 4. The Morgan fingerprint density at radius 3 is 2.64 bits per heavy atom. The quantitative estimate of drug-likeness (QED) is 0.789. The molecule has 6 nitrogen and oxygen atoms in total. The molecule has 3 fully saturated rings. The van der Waals surface area contributed by atoms with Crippen LogP contribution in [0, 0.1) is 17.8 Å². The van der Waals surface area contributed by atoms with Gasteiger partial charge < -0.3 is 19.6 Å². The largest absolute Gasteiger partial charge is 0.394 e. The molecule has 3 atom stereocenters. The van der Waals surface area contributed by atoms with Crippen LogP contribution < -0.4 is 0 Å². The number of fused-ring (bicyclic) bond motifs is 1. The van der Waals surface area contributed by atoms with Gasteiger partial charge in [0, 0.05) is 31.1 Å². The van der Waals surface area contributed by atoms with Gasteiger partial charge in [-0.25, -0.2) is 0 Å². The normalized spacial score (nSPS) is 26.6. The van der Waals surface area contributed by atoms with Gasteiger partial charge in [0.15, 0.2) is 0 Å². The number of ether oxygens (including phenoxy) is 1. The smallest absolute Gasteiger partial charge is 0.242 e. The predicted molar refractivity (Wildman–Crippen MR) is 103 cm³/mol. The van der Waals surface area contributed by atoms with Crippen LogP contribution in [0.5, 0.6) is 0 Å². The fourth-order valence-corrected chi connectivity index (χ4v) is 4.58. The first-order valence-electron chi connectivity index (χ1n) is 9.92.